The summed E-state index contributed by atoms with van der Waals surface area (Å²) in [6.07, 6.45) is 0. The van der Waals surface area contributed by atoms with E-state index in [-0.39, 0.29) is 0 Å². The average molecular weight is 309 g/mol. The number of nitriles is 1. The molecule has 84 valence electrons. The van der Waals surface area contributed by atoms with E-state index in [1.54, 1.807) is 30.3 Å². The number of rotatable bonds is 2. The Morgan fingerprint density at radius 3 is 2.47 bits per heavy atom. The number of nitrogens with zero attached hydrogens (tertiary/aromatic N) is 1. The van der Waals surface area contributed by atoms with Crippen molar-refractivity contribution in [3.8, 4) is 17.6 Å². The van der Waals surface area contributed by atoms with Crippen LogP contribution >= 0.6 is 27.5 Å². The van der Waals surface area contributed by atoms with Crippen LogP contribution in [0.2, 0.25) is 5.02 Å². The first-order valence-corrected chi connectivity index (χ1v) is 6.00. The fraction of sp³-hybridized carbons (Fsp3) is 0. The predicted molar refractivity (Wildman–Crippen MR) is 70.4 cm³/mol. The molecular weight excluding hydrogens is 302 g/mol. The van der Waals surface area contributed by atoms with Crippen molar-refractivity contribution < 1.29 is 4.74 Å². The van der Waals surface area contributed by atoms with E-state index < -0.39 is 0 Å². The van der Waals surface area contributed by atoms with Crippen molar-refractivity contribution in [3.63, 3.8) is 0 Å². The number of para-hydroxylation sites is 1. The Morgan fingerprint density at radius 2 is 1.76 bits per heavy atom. The molecule has 0 N–H and O–H groups in total. The van der Waals surface area contributed by atoms with Gasteiger partial charge in [0.25, 0.3) is 0 Å². The third-order valence-electron chi connectivity index (χ3n) is 2.14. The van der Waals surface area contributed by atoms with Crippen molar-refractivity contribution in [3.05, 3.63) is 57.5 Å². The molecule has 0 radical (unpaired) electrons. The summed E-state index contributed by atoms with van der Waals surface area (Å²) < 4.78 is 6.33. The maximum Gasteiger partial charge on any atom is 0.146 e. The summed E-state index contributed by atoms with van der Waals surface area (Å²) >= 11 is 9.29. The quantitative estimate of drug-likeness (QED) is 0.801. The molecule has 0 unspecified atom stereocenters. The van der Waals surface area contributed by atoms with Crippen LogP contribution in [-0.2, 0) is 0 Å². The first kappa shape index (κ1) is 12.0. The number of ether oxygens (including phenoxy) is 1. The fourth-order valence-electron chi connectivity index (χ4n) is 1.34. The fourth-order valence-corrected chi connectivity index (χ4v) is 1.95. The molecule has 0 amide bonds. The van der Waals surface area contributed by atoms with Gasteiger partial charge in [0, 0.05) is 4.47 Å². The van der Waals surface area contributed by atoms with Crippen LogP contribution in [-0.4, -0.2) is 0 Å². The third-order valence-corrected chi connectivity index (χ3v) is 3.12. The summed E-state index contributed by atoms with van der Waals surface area (Å²) in [7, 11) is 0. The topological polar surface area (TPSA) is 33.0 Å². The molecule has 0 spiro atoms. The van der Waals surface area contributed by atoms with Gasteiger partial charge in [-0.3, -0.25) is 0 Å². The molecule has 4 heteroatoms. The Balaban J connectivity index is 2.41. The van der Waals surface area contributed by atoms with Gasteiger partial charge in [-0.15, -0.1) is 0 Å². The zero-order chi connectivity index (χ0) is 12.3. The van der Waals surface area contributed by atoms with E-state index in [1.807, 2.05) is 12.1 Å². The summed E-state index contributed by atoms with van der Waals surface area (Å²) in [5.74, 6) is 1.01. The Labute approximate surface area is 113 Å². The molecule has 0 atom stereocenters. The Kier molecular flexibility index (Phi) is 3.68. The molecule has 0 aliphatic rings. The van der Waals surface area contributed by atoms with Crippen LogP contribution in [0.3, 0.4) is 0 Å². The van der Waals surface area contributed by atoms with Gasteiger partial charge in [-0.1, -0.05) is 29.8 Å². The second kappa shape index (κ2) is 5.22. The van der Waals surface area contributed by atoms with Crippen molar-refractivity contribution in [1.82, 2.24) is 0 Å². The second-order valence-electron chi connectivity index (χ2n) is 3.26. The summed E-state index contributed by atoms with van der Waals surface area (Å²) in [6.45, 7) is 0. The van der Waals surface area contributed by atoms with Crippen LogP contribution < -0.4 is 4.74 Å². The molecular formula is C13H7BrClNO. The van der Waals surface area contributed by atoms with Crippen LogP contribution in [0.5, 0.6) is 11.5 Å². The van der Waals surface area contributed by atoms with Crippen molar-refractivity contribution in [2.75, 3.05) is 0 Å². The van der Waals surface area contributed by atoms with Crippen molar-refractivity contribution in [2.45, 2.75) is 0 Å². The lowest BCUT2D eigenvalue weighted by atomic mass is 10.2. The van der Waals surface area contributed by atoms with Crippen LogP contribution in [0, 0.1) is 11.3 Å². The smallest absolute Gasteiger partial charge is 0.146 e. The van der Waals surface area contributed by atoms with Gasteiger partial charge in [-0.25, -0.2) is 0 Å². The normalized spacial score (nSPS) is 9.71. The highest BCUT2D eigenvalue weighted by Crippen LogP contribution is 2.33. The SMILES string of the molecule is N#Cc1c(Br)cccc1Oc1ccccc1Cl. The molecule has 2 rings (SSSR count). The molecule has 2 nitrogen and oxygen atoms in total. The van der Waals surface area contributed by atoms with Gasteiger partial charge in [0.05, 0.1) is 5.02 Å². The lowest BCUT2D eigenvalue weighted by Gasteiger charge is -2.09. The molecule has 0 heterocycles. The van der Waals surface area contributed by atoms with Crippen LogP contribution in [0.1, 0.15) is 5.56 Å². The molecule has 0 saturated carbocycles. The predicted octanol–water partition coefficient (Wildman–Crippen LogP) is 4.77. The summed E-state index contributed by atoms with van der Waals surface area (Å²) in [4.78, 5) is 0. The van der Waals surface area contributed by atoms with Gasteiger partial charge < -0.3 is 4.74 Å². The minimum Gasteiger partial charge on any atom is -0.454 e. The molecule has 0 bridgehead atoms. The van der Waals surface area contributed by atoms with Gasteiger partial charge in [0.2, 0.25) is 0 Å². The minimum atomic E-state index is 0.451. The van der Waals surface area contributed by atoms with E-state index in [4.69, 9.17) is 21.6 Å². The monoisotopic (exact) mass is 307 g/mol. The van der Waals surface area contributed by atoms with Crippen molar-refractivity contribution in [1.29, 1.82) is 5.26 Å². The molecule has 0 fully saturated rings. The molecule has 0 aromatic heterocycles. The van der Waals surface area contributed by atoms with Crippen LogP contribution in [0.25, 0.3) is 0 Å². The van der Waals surface area contributed by atoms with Gasteiger partial charge in [0.15, 0.2) is 0 Å². The first-order chi connectivity index (χ1) is 8.22. The zero-order valence-corrected chi connectivity index (χ0v) is 11.0. The van der Waals surface area contributed by atoms with Crippen molar-refractivity contribution in [2.24, 2.45) is 0 Å². The van der Waals surface area contributed by atoms with E-state index in [0.29, 0.717) is 26.6 Å². The molecule has 0 aliphatic carbocycles. The number of hydrogen-bond donors (Lipinski definition) is 0. The van der Waals surface area contributed by atoms with E-state index >= 15 is 0 Å². The average Bonchev–Trinajstić information content (AvgIpc) is 2.32. The van der Waals surface area contributed by atoms with E-state index in [0.717, 1.165) is 0 Å². The maximum atomic E-state index is 9.05. The van der Waals surface area contributed by atoms with Gasteiger partial charge in [-0.05, 0) is 40.2 Å². The van der Waals surface area contributed by atoms with Gasteiger partial charge in [0.1, 0.15) is 23.1 Å². The summed E-state index contributed by atoms with van der Waals surface area (Å²) in [5.41, 5.74) is 0.451. The second-order valence-corrected chi connectivity index (χ2v) is 4.52. The lowest BCUT2D eigenvalue weighted by molar-refractivity contribution is 0.481. The highest BCUT2D eigenvalue weighted by Gasteiger charge is 2.09. The molecule has 2 aromatic rings. The minimum absolute atomic E-state index is 0.451. The summed E-state index contributed by atoms with van der Waals surface area (Å²) in [5, 5.41) is 9.56. The van der Waals surface area contributed by atoms with E-state index in [9.17, 15) is 0 Å². The Hall–Kier alpha value is -1.50. The van der Waals surface area contributed by atoms with Gasteiger partial charge in [-0.2, -0.15) is 5.26 Å². The van der Waals surface area contributed by atoms with Crippen molar-refractivity contribution >= 4 is 27.5 Å². The van der Waals surface area contributed by atoms with E-state index in [2.05, 4.69) is 22.0 Å². The van der Waals surface area contributed by atoms with E-state index in [1.165, 1.54) is 0 Å². The molecule has 17 heavy (non-hydrogen) atoms. The molecule has 2 aromatic carbocycles. The Morgan fingerprint density at radius 1 is 1.06 bits per heavy atom. The molecule has 0 aliphatic heterocycles. The number of benzene rings is 2. The van der Waals surface area contributed by atoms with Crippen LogP contribution in [0.4, 0.5) is 0 Å². The largest absolute Gasteiger partial charge is 0.454 e. The highest BCUT2D eigenvalue weighted by molar-refractivity contribution is 9.10. The highest BCUT2D eigenvalue weighted by atomic mass is 79.9. The zero-order valence-electron chi connectivity index (χ0n) is 8.65. The maximum absolute atomic E-state index is 9.05. The summed E-state index contributed by atoms with van der Waals surface area (Å²) in [6, 6.07) is 14.5. The molecule has 0 saturated heterocycles. The third kappa shape index (κ3) is 2.60. The Bertz CT molecular complexity index is 592. The standard InChI is InChI=1S/C13H7BrClNO/c14-10-4-3-7-12(9(10)8-16)17-13-6-2-1-5-11(13)15/h1-7H. The lowest BCUT2D eigenvalue weighted by Crippen LogP contribution is -1.89. The first-order valence-electron chi connectivity index (χ1n) is 4.83. The number of halogens is 2. The van der Waals surface area contributed by atoms with Gasteiger partial charge >= 0.3 is 0 Å². The van der Waals surface area contributed by atoms with Crippen LogP contribution in [0.15, 0.2) is 46.9 Å². The number of hydrogen-bond acceptors (Lipinski definition) is 2.